The molecule has 3 aromatic rings. The van der Waals surface area contributed by atoms with Crippen molar-refractivity contribution in [1.82, 2.24) is 15.6 Å². The Kier molecular flexibility index (Phi) is 6.85. The second kappa shape index (κ2) is 9.96. The first-order chi connectivity index (χ1) is 15.5. The van der Waals surface area contributed by atoms with E-state index in [2.05, 4.69) is 15.6 Å². The average Bonchev–Trinajstić information content (AvgIpc) is 3.53. The Bertz CT molecular complexity index is 1080. The summed E-state index contributed by atoms with van der Waals surface area (Å²) in [4.78, 5) is 31.0. The summed E-state index contributed by atoms with van der Waals surface area (Å²) in [6.45, 7) is 4.37. The third kappa shape index (κ3) is 5.53. The van der Waals surface area contributed by atoms with Gasteiger partial charge in [-0.3, -0.25) is 9.59 Å². The second-order valence-corrected chi connectivity index (χ2v) is 8.89. The Hall–Kier alpha value is -3.19. The molecule has 2 N–H and O–H groups in total. The number of amides is 2. The Labute approximate surface area is 192 Å². The van der Waals surface area contributed by atoms with E-state index in [0.29, 0.717) is 23.6 Å². The maximum absolute atomic E-state index is 13.1. The van der Waals surface area contributed by atoms with Gasteiger partial charge in [-0.25, -0.2) is 4.98 Å². The minimum absolute atomic E-state index is 0.140. The number of ether oxygens (including phenoxy) is 1. The molecule has 0 saturated heterocycles. The van der Waals surface area contributed by atoms with Crippen LogP contribution in [0.5, 0.6) is 5.75 Å². The molecule has 4 rings (SSSR count). The Balaban J connectivity index is 1.50. The molecule has 1 unspecified atom stereocenters. The van der Waals surface area contributed by atoms with Crippen LogP contribution in [-0.4, -0.2) is 35.5 Å². The van der Waals surface area contributed by atoms with E-state index in [1.807, 2.05) is 68.4 Å². The number of aromatic nitrogens is 1. The zero-order chi connectivity index (χ0) is 22.5. The number of benzene rings is 2. The minimum atomic E-state index is -0.638. The van der Waals surface area contributed by atoms with Crippen LogP contribution in [0.2, 0.25) is 0 Å². The van der Waals surface area contributed by atoms with Gasteiger partial charge in [-0.05, 0) is 56.5 Å². The van der Waals surface area contributed by atoms with Crippen LogP contribution in [-0.2, 0) is 11.2 Å². The average molecular weight is 450 g/mol. The summed E-state index contributed by atoms with van der Waals surface area (Å²) < 4.78 is 5.49. The lowest BCUT2D eigenvalue weighted by atomic mass is 10.0. The fourth-order valence-electron chi connectivity index (χ4n) is 3.40. The van der Waals surface area contributed by atoms with Crippen molar-refractivity contribution >= 4 is 23.2 Å². The molecular weight excluding hydrogens is 422 g/mol. The molecule has 2 amide bonds. The predicted octanol–water partition coefficient (Wildman–Crippen LogP) is 4.14. The van der Waals surface area contributed by atoms with Gasteiger partial charge in [-0.2, -0.15) is 0 Å². The number of rotatable bonds is 9. The molecule has 1 aromatic heterocycles. The topological polar surface area (TPSA) is 80.3 Å². The van der Waals surface area contributed by atoms with Gasteiger partial charge in [0.25, 0.3) is 5.91 Å². The summed E-state index contributed by atoms with van der Waals surface area (Å²) >= 11 is 1.33. The van der Waals surface area contributed by atoms with Crippen LogP contribution in [0, 0.1) is 6.92 Å². The molecule has 1 fully saturated rings. The van der Waals surface area contributed by atoms with Gasteiger partial charge in [0.15, 0.2) is 0 Å². The van der Waals surface area contributed by atoms with Crippen molar-refractivity contribution in [3.63, 3.8) is 0 Å². The summed E-state index contributed by atoms with van der Waals surface area (Å²) in [6, 6.07) is 17.0. The van der Waals surface area contributed by atoms with E-state index in [-0.39, 0.29) is 17.9 Å². The highest BCUT2D eigenvalue weighted by Gasteiger charge is 2.29. The lowest BCUT2D eigenvalue weighted by Crippen LogP contribution is -2.48. The summed E-state index contributed by atoms with van der Waals surface area (Å²) in [5.41, 5.74) is 2.57. The van der Waals surface area contributed by atoms with Crippen molar-refractivity contribution in [3.05, 3.63) is 70.7 Å². The first-order valence-corrected chi connectivity index (χ1v) is 11.7. The number of carbonyl (C=O) groups excluding carboxylic acids is 2. The van der Waals surface area contributed by atoms with Crippen molar-refractivity contribution in [3.8, 4) is 16.3 Å². The van der Waals surface area contributed by atoms with Crippen molar-refractivity contribution in [2.24, 2.45) is 0 Å². The van der Waals surface area contributed by atoms with Gasteiger partial charge in [0.1, 0.15) is 21.7 Å². The van der Waals surface area contributed by atoms with Gasteiger partial charge in [0.2, 0.25) is 5.91 Å². The molecule has 1 aliphatic carbocycles. The highest BCUT2D eigenvalue weighted by molar-refractivity contribution is 7.17. The summed E-state index contributed by atoms with van der Waals surface area (Å²) in [5, 5.41) is 6.72. The second-order valence-electron chi connectivity index (χ2n) is 7.89. The van der Waals surface area contributed by atoms with Crippen LogP contribution in [0.4, 0.5) is 0 Å². The van der Waals surface area contributed by atoms with Gasteiger partial charge >= 0.3 is 0 Å². The molecule has 166 valence electrons. The third-order valence-corrected chi connectivity index (χ3v) is 6.45. The summed E-state index contributed by atoms with van der Waals surface area (Å²) in [6.07, 6.45) is 2.43. The molecule has 2 aromatic carbocycles. The van der Waals surface area contributed by atoms with Crippen LogP contribution in [0.25, 0.3) is 10.6 Å². The molecule has 7 heteroatoms. The Morgan fingerprint density at radius 3 is 2.50 bits per heavy atom. The standard InChI is InChI=1S/C25H27N3O3S/c1-3-31-20-13-9-18(10-14-20)25-26-16(2)22(32-25)24(30)28-21(23(29)27-19-11-12-19)15-17-7-5-4-6-8-17/h4-10,13-14,19,21H,3,11-12,15H2,1-2H3,(H,27,29)(H,28,30). The quantitative estimate of drug-likeness (QED) is 0.515. The van der Waals surface area contributed by atoms with Crippen LogP contribution in [0.15, 0.2) is 54.6 Å². The van der Waals surface area contributed by atoms with Crippen molar-refractivity contribution in [1.29, 1.82) is 0 Å². The van der Waals surface area contributed by atoms with Gasteiger partial charge in [-0.1, -0.05) is 30.3 Å². The fraction of sp³-hybridized carbons (Fsp3) is 0.320. The van der Waals surface area contributed by atoms with Crippen molar-refractivity contribution < 1.29 is 14.3 Å². The number of thiazole rings is 1. The fourth-order valence-corrected chi connectivity index (χ4v) is 4.38. The normalized spacial score (nSPS) is 13.9. The molecular formula is C25H27N3O3S. The predicted molar refractivity (Wildman–Crippen MR) is 126 cm³/mol. The molecule has 32 heavy (non-hydrogen) atoms. The van der Waals surface area contributed by atoms with E-state index in [1.165, 1.54) is 11.3 Å². The van der Waals surface area contributed by atoms with E-state index in [0.717, 1.165) is 34.7 Å². The van der Waals surface area contributed by atoms with Crippen LogP contribution in [0.1, 0.15) is 40.7 Å². The number of nitrogens with one attached hydrogen (secondary N) is 2. The highest BCUT2D eigenvalue weighted by Crippen LogP contribution is 2.29. The molecule has 0 aliphatic heterocycles. The molecule has 6 nitrogen and oxygen atoms in total. The number of nitrogens with zero attached hydrogens (tertiary/aromatic N) is 1. The van der Waals surface area contributed by atoms with Gasteiger partial charge < -0.3 is 15.4 Å². The highest BCUT2D eigenvalue weighted by atomic mass is 32.1. The molecule has 1 atom stereocenters. The summed E-state index contributed by atoms with van der Waals surface area (Å²) in [7, 11) is 0. The van der Waals surface area contributed by atoms with E-state index in [9.17, 15) is 9.59 Å². The van der Waals surface area contributed by atoms with Crippen molar-refractivity contribution in [2.45, 2.75) is 45.2 Å². The van der Waals surface area contributed by atoms with Crippen LogP contribution < -0.4 is 15.4 Å². The lowest BCUT2D eigenvalue weighted by Gasteiger charge is -2.18. The molecule has 1 heterocycles. The monoisotopic (exact) mass is 449 g/mol. The molecule has 1 saturated carbocycles. The zero-order valence-corrected chi connectivity index (χ0v) is 19.1. The third-order valence-electron chi connectivity index (χ3n) is 5.24. The minimum Gasteiger partial charge on any atom is -0.494 e. The first kappa shape index (κ1) is 22.0. The van der Waals surface area contributed by atoms with E-state index < -0.39 is 6.04 Å². The van der Waals surface area contributed by atoms with Gasteiger partial charge in [0.05, 0.1) is 12.3 Å². The zero-order valence-electron chi connectivity index (χ0n) is 18.3. The molecule has 1 aliphatic rings. The van der Waals surface area contributed by atoms with E-state index in [4.69, 9.17) is 4.74 Å². The Morgan fingerprint density at radius 1 is 1.12 bits per heavy atom. The molecule has 0 bridgehead atoms. The van der Waals surface area contributed by atoms with Crippen LogP contribution >= 0.6 is 11.3 Å². The van der Waals surface area contributed by atoms with Crippen molar-refractivity contribution in [2.75, 3.05) is 6.61 Å². The molecule has 0 spiro atoms. The van der Waals surface area contributed by atoms with Gasteiger partial charge in [0, 0.05) is 18.0 Å². The number of aryl methyl sites for hydroxylation is 1. The SMILES string of the molecule is CCOc1ccc(-c2nc(C)c(C(=O)NC(Cc3ccccc3)C(=O)NC3CC3)s2)cc1. The number of hydrogen-bond donors (Lipinski definition) is 2. The lowest BCUT2D eigenvalue weighted by molar-refractivity contribution is -0.123. The van der Waals surface area contributed by atoms with E-state index >= 15 is 0 Å². The number of carbonyl (C=O) groups is 2. The Morgan fingerprint density at radius 2 is 1.84 bits per heavy atom. The smallest absolute Gasteiger partial charge is 0.263 e. The first-order valence-electron chi connectivity index (χ1n) is 10.9. The van der Waals surface area contributed by atoms with Gasteiger partial charge in [-0.15, -0.1) is 11.3 Å². The maximum Gasteiger partial charge on any atom is 0.263 e. The maximum atomic E-state index is 13.1. The molecule has 0 radical (unpaired) electrons. The summed E-state index contributed by atoms with van der Waals surface area (Å²) in [5.74, 6) is 0.385. The largest absolute Gasteiger partial charge is 0.494 e. The number of hydrogen-bond acceptors (Lipinski definition) is 5. The van der Waals surface area contributed by atoms with Crippen LogP contribution in [0.3, 0.4) is 0 Å². The van der Waals surface area contributed by atoms with E-state index in [1.54, 1.807) is 0 Å².